The molecule has 0 atom stereocenters. The van der Waals surface area contributed by atoms with Crippen molar-refractivity contribution in [3.63, 3.8) is 0 Å². The quantitative estimate of drug-likeness (QED) is 0.780. The summed E-state index contributed by atoms with van der Waals surface area (Å²) in [5.41, 5.74) is -0.603. The second kappa shape index (κ2) is 6.87. The normalized spacial score (nSPS) is 18.4. The van der Waals surface area contributed by atoms with E-state index >= 15 is 0 Å². The number of β-amino-alcohol motifs (C(OH)–C–C–N with tert-alkyl or cyclic N) is 1. The molecule has 2 N–H and O–H groups in total. The molecule has 1 heterocycles. The van der Waals surface area contributed by atoms with Gasteiger partial charge in [0.25, 0.3) is 0 Å². The molecule has 0 radical (unpaired) electrons. The number of rotatable bonds is 5. The molecular formula is C15H31N3O2. The molecule has 0 bridgehead atoms. The largest absolute Gasteiger partial charge is 0.389 e. The van der Waals surface area contributed by atoms with Gasteiger partial charge in [0.2, 0.25) is 5.91 Å². The molecule has 1 aliphatic heterocycles. The van der Waals surface area contributed by atoms with Crippen molar-refractivity contribution in [2.75, 3.05) is 39.3 Å². The van der Waals surface area contributed by atoms with E-state index in [2.05, 4.69) is 31.0 Å². The molecule has 0 spiro atoms. The Morgan fingerprint density at radius 2 is 1.65 bits per heavy atom. The number of nitrogens with one attached hydrogen (secondary N) is 1. The van der Waals surface area contributed by atoms with E-state index in [1.807, 2.05) is 18.7 Å². The first-order valence-electron chi connectivity index (χ1n) is 7.54. The second-order valence-corrected chi connectivity index (χ2v) is 7.40. The maximum Gasteiger partial charge on any atom is 0.223 e. The Kier molecular flexibility index (Phi) is 5.98. The Hall–Kier alpha value is -0.650. The summed E-state index contributed by atoms with van der Waals surface area (Å²) in [7, 11) is 0. The predicted octanol–water partition coefficient (Wildman–Crippen LogP) is 0.680. The van der Waals surface area contributed by atoms with Gasteiger partial charge in [-0.25, -0.2) is 0 Å². The summed E-state index contributed by atoms with van der Waals surface area (Å²) in [6, 6.07) is 0. The minimum absolute atomic E-state index is 0.0612. The lowest BCUT2D eigenvalue weighted by atomic mass is 10.1. The zero-order valence-corrected chi connectivity index (χ0v) is 13.7. The van der Waals surface area contributed by atoms with Crippen molar-refractivity contribution in [2.45, 2.75) is 52.2 Å². The maximum absolute atomic E-state index is 12.1. The van der Waals surface area contributed by atoms with Crippen molar-refractivity contribution >= 4 is 5.91 Å². The van der Waals surface area contributed by atoms with E-state index in [0.29, 0.717) is 13.0 Å². The molecule has 1 fully saturated rings. The third kappa shape index (κ3) is 7.22. The van der Waals surface area contributed by atoms with Gasteiger partial charge in [-0.15, -0.1) is 0 Å². The molecule has 5 heteroatoms. The van der Waals surface area contributed by atoms with Crippen LogP contribution in [0.5, 0.6) is 0 Å². The lowest BCUT2D eigenvalue weighted by Gasteiger charge is -2.37. The van der Waals surface area contributed by atoms with Crippen molar-refractivity contribution < 1.29 is 9.90 Å². The molecule has 0 aliphatic carbocycles. The standard InChI is InChI=1S/C15H31N3O2/c1-14(2,3)16-7-6-13(19)18-10-8-17(9-11-18)12-15(4,5)20/h16,20H,6-12H2,1-5H3. The fraction of sp³-hybridized carbons (Fsp3) is 0.933. The maximum atomic E-state index is 12.1. The van der Waals surface area contributed by atoms with Gasteiger partial charge >= 0.3 is 0 Å². The van der Waals surface area contributed by atoms with Crippen molar-refractivity contribution in [3.8, 4) is 0 Å². The van der Waals surface area contributed by atoms with Crippen LogP contribution in [0.2, 0.25) is 0 Å². The van der Waals surface area contributed by atoms with Crippen LogP contribution in [0.4, 0.5) is 0 Å². The molecule has 0 saturated carbocycles. The third-order valence-corrected chi connectivity index (χ3v) is 3.33. The Morgan fingerprint density at radius 3 is 2.10 bits per heavy atom. The average Bonchev–Trinajstić information content (AvgIpc) is 2.25. The van der Waals surface area contributed by atoms with Gasteiger partial charge in [0.1, 0.15) is 0 Å². The van der Waals surface area contributed by atoms with Gasteiger partial charge in [0.15, 0.2) is 0 Å². The average molecular weight is 285 g/mol. The smallest absolute Gasteiger partial charge is 0.223 e. The summed E-state index contributed by atoms with van der Waals surface area (Å²) in [6.07, 6.45) is 0.558. The molecule has 1 amide bonds. The molecule has 1 saturated heterocycles. The lowest BCUT2D eigenvalue weighted by molar-refractivity contribution is -0.133. The van der Waals surface area contributed by atoms with Gasteiger partial charge < -0.3 is 15.3 Å². The molecule has 1 aliphatic rings. The van der Waals surface area contributed by atoms with E-state index in [9.17, 15) is 9.90 Å². The van der Waals surface area contributed by atoms with Crippen LogP contribution in [0.3, 0.4) is 0 Å². The number of carbonyl (C=O) groups excluding carboxylic acids is 1. The van der Waals surface area contributed by atoms with Crippen LogP contribution in [0, 0.1) is 0 Å². The summed E-state index contributed by atoms with van der Waals surface area (Å²) in [5, 5.41) is 13.1. The van der Waals surface area contributed by atoms with E-state index in [4.69, 9.17) is 0 Å². The van der Waals surface area contributed by atoms with Gasteiger partial charge in [-0.1, -0.05) is 0 Å². The van der Waals surface area contributed by atoms with Crippen LogP contribution in [-0.2, 0) is 4.79 Å². The molecule has 0 unspecified atom stereocenters. The molecule has 118 valence electrons. The van der Waals surface area contributed by atoms with E-state index in [1.54, 1.807) is 0 Å². The zero-order chi connectivity index (χ0) is 15.4. The van der Waals surface area contributed by atoms with Gasteiger partial charge in [-0.05, 0) is 34.6 Å². The van der Waals surface area contributed by atoms with Crippen LogP contribution in [0.15, 0.2) is 0 Å². The predicted molar refractivity (Wildman–Crippen MR) is 81.7 cm³/mol. The van der Waals surface area contributed by atoms with Crippen molar-refractivity contribution in [3.05, 3.63) is 0 Å². The SMILES string of the molecule is CC(C)(O)CN1CCN(C(=O)CCNC(C)(C)C)CC1. The highest BCUT2D eigenvalue weighted by atomic mass is 16.3. The van der Waals surface area contributed by atoms with E-state index in [-0.39, 0.29) is 11.4 Å². The molecule has 0 aromatic heterocycles. The molecule has 0 aromatic carbocycles. The van der Waals surface area contributed by atoms with Gasteiger partial charge in [-0.2, -0.15) is 0 Å². The molecule has 0 aromatic rings. The monoisotopic (exact) mass is 285 g/mol. The summed E-state index contributed by atoms with van der Waals surface area (Å²) in [5.74, 6) is 0.227. The van der Waals surface area contributed by atoms with Gasteiger partial charge in [0.05, 0.1) is 5.60 Å². The molecular weight excluding hydrogens is 254 g/mol. The number of aliphatic hydroxyl groups is 1. The number of carbonyl (C=O) groups is 1. The molecule has 5 nitrogen and oxygen atoms in total. The Bertz CT molecular complexity index is 310. The lowest BCUT2D eigenvalue weighted by Crippen LogP contribution is -2.52. The fourth-order valence-electron chi connectivity index (χ4n) is 2.41. The first-order chi connectivity index (χ1) is 9.07. The highest BCUT2D eigenvalue weighted by molar-refractivity contribution is 5.76. The van der Waals surface area contributed by atoms with E-state index in [0.717, 1.165) is 32.7 Å². The van der Waals surface area contributed by atoms with Crippen LogP contribution >= 0.6 is 0 Å². The van der Waals surface area contributed by atoms with Crippen LogP contribution in [0.1, 0.15) is 41.0 Å². The van der Waals surface area contributed by atoms with Crippen LogP contribution in [0.25, 0.3) is 0 Å². The van der Waals surface area contributed by atoms with Crippen LogP contribution in [-0.4, -0.2) is 71.2 Å². The van der Waals surface area contributed by atoms with Gasteiger partial charge in [0, 0.05) is 51.2 Å². The summed E-state index contributed by atoms with van der Waals surface area (Å²) >= 11 is 0. The van der Waals surface area contributed by atoms with Gasteiger partial charge in [-0.3, -0.25) is 9.69 Å². The first kappa shape index (κ1) is 17.4. The van der Waals surface area contributed by atoms with Crippen molar-refractivity contribution in [1.82, 2.24) is 15.1 Å². The molecule has 20 heavy (non-hydrogen) atoms. The Morgan fingerprint density at radius 1 is 1.10 bits per heavy atom. The minimum atomic E-state index is -0.664. The van der Waals surface area contributed by atoms with Crippen molar-refractivity contribution in [2.24, 2.45) is 0 Å². The number of piperazine rings is 1. The number of hydrogen-bond acceptors (Lipinski definition) is 4. The van der Waals surface area contributed by atoms with Crippen LogP contribution < -0.4 is 5.32 Å². The fourth-order valence-corrected chi connectivity index (χ4v) is 2.41. The Labute approximate surface area is 123 Å². The number of amides is 1. The van der Waals surface area contributed by atoms with E-state index in [1.165, 1.54) is 0 Å². The second-order valence-electron chi connectivity index (χ2n) is 7.40. The summed E-state index contributed by atoms with van der Waals surface area (Å²) in [6.45, 7) is 14.6. The summed E-state index contributed by atoms with van der Waals surface area (Å²) < 4.78 is 0. The third-order valence-electron chi connectivity index (χ3n) is 3.33. The summed E-state index contributed by atoms with van der Waals surface area (Å²) in [4.78, 5) is 16.2. The zero-order valence-electron chi connectivity index (χ0n) is 13.7. The number of hydrogen-bond donors (Lipinski definition) is 2. The minimum Gasteiger partial charge on any atom is -0.389 e. The van der Waals surface area contributed by atoms with E-state index < -0.39 is 5.60 Å². The highest BCUT2D eigenvalue weighted by Gasteiger charge is 2.24. The Balaban J connectivity index is 2.25. The van der Waals surface area contributed by atoms with Crippen molar-refractivity contribution in [1.29, 1.82) is 0 Å². The topological polar surface area (TPSA) is 55.8 Å². The molecule has 1 rings (SSSR count). The first-order valence-corrected chi connectivity index (χ1v) is 7.54. The highest BCUT2D eigenvalue weighted by Crippen LogP contribution is 2.09. The number of nitrogens with zero attached hydrogens (tertiary/aromatic N) is 2.